The van der Waals surface area contributed by atoms with Crippen molar-refractivity contribution in [3.8, 4) is 28.2 Å². The van der Waals surface area contributed by atoms with Crippen molar-refractivity contribution in [2.45, 2.75) is 0 Å². The number of rotatable bonds is 5. The molecule has 152 valence electrons. The predicted octanol–water partition coefficient (Wildman–Crippen LogP) is 6.68. The highest BCUT2D eigenvalue weighted by atomic mass is 32.1. The van der Waals surface area contributed by atoms with E-state index < -0.39 is 0 Å². The maximum atomic E-state index is 13.5. The van der Waals surface area contributed by atoms with Gasteiger partial charge in [0, 0.05) is 28.4 Å². The smallest absolute Gasteiger partial charge is 0.187 e. The Morgan fingerprint density at radius 1 is 0.806 bits per heavy atom. The molecule has 2 heterocycles. The number of halogens is 2. The third-order valence-electron chi connectivity index (χ3n) is 4.73. The van der Waals surface area contributed by atoms with Crippen LogP contribution in [0.5, 0.6) is 0 Å². The van der Waals surface area contributed by atoms with Crippen LogP contribution in [0.2, 0.25) is 0 Å². The number of anilines is 2. The van der Waals surface area contributed by atoms with E-state index in [9.17, 15) is 8.78 Å². The fraction of sp³-hybridized carbons (Fsp3) is 0. The minimum Gasteiger partial charge on any atom is -0.332 e. The van der Waals surface area contributed by atoms with Gasteiger partial charge in [-0.3, -0.25) is 0 Å². The van der Waals surface area contributed by atoms with E-state index in [1.165, 1.54) is 35.6 Å². The molecule has 1 N–H and O–H groups in total. The van der Waals surface area contributed by atoms with Gasteiger partial charge in [-0.05, 0) is 60.7 Å². The molecule has 31 heavy (non-hydrogen) atoms. The number of nitrogens with zero attached hydrogens (tertiary/aromatic N) is 3. The predicted molar refractivity (Wildman–Crippen MR) is 120 cm³/mol. The van der Waals surface area contributed by atoms with Crippen LogP contribution in [-0.2, 0) is 0 Å². The van der Waals surface area contributed by atoms with E-state index in [2.05, 4.69) is 5.32 Å². The lowest BCUT2D eigenvalue weighted by Crippen LogP contribution is -1.94. The fourth-order valence-electron chi connectivity index (χ4n) is 3.21. The van der Waals surface area contributed by atoms with Crippen LogP contribution in [0.1, 0.15) is 0 Å². The Balaban J connectivity index is 1.56. The first-order valence-electron chi connectivity index (χ1n) is 9.55. The highest BCUT2D eigenvalue weighted by molar-refractivity contribution is 7.14. The van der Waals surface area contributed by atoms with Gasteiger partial charge >= 0.3 is 0 Å². The molecule has 0 saturated heterocycles. The van der Waals surface area contributed by atoms with Crippen LogP contribution < -0.4 is 5.32 Å². The lowest BCUT2D eigenvalue weighted by molar-refractivity contribution is 0.627. The first kappa shape index (κ1) is 19.1. The molecule has 0 amide bonds. The summed E-state index contributed by atoms with van der Waals surface area (Å²) in [5, 5.41) is 10.7. The number of thiazole rings is 1. The van der Waals surface area contributed by atoms with Gasteiger partial charge in [-0.25, -0.2) is 18.4 Å². The molecule has 5 rings (SSSR count). The number of hydrogen-bond acceptors (Lipinski definition) is 4. The normalized spacial score (nSPS) is 10.9. The highest BCUT2D eigenvalue weighted by Crippen LogP contribution is 2.34. The molecule has 2 aromatic heterocycles. The largest absolute Gasteiger partial charge is 0.332 e. The quantitative estimate of drug-likeness (QED) is 0.338. The zero-order valence-electron chi connectivity index (χ0n) is 16.2. The minimum absolute atomic E-state index is 0.314. The average Bonchev–Trinajstić information content (AvgIpc) is 3.43. The van der Waals surface area contributed by atoms with Gasteiger partial charge in [0.05, 0.1) is 11.4 Å². The molecule has 0 bridgehead atoms. The second-order valence-corrected chi connectivity index (χ2v) is 7.71. The van der Waals surface area contributed by atoms with E-state index in [1.54, 1.807) is 28.9 Å². The second kappa shape index (κ2) is 8.12. The number of nitrogens with one attached hydrogen (secondary N) is 1. The SMILES string of the molecule is Fc1ccc(-c2nn(-c3ccc(F)cc3)cc2-c2csc(Nc3ccccc3)n2)cc1. The Hall–Kier alpha value is -3.84. The topological polar surface area (TPSA) is 42.7 Å². The van der Waals surface area contributed by atoms with Crippen LogP contribution in [0.4, 0.5) is 19.6 Å². The molecule has 0 fully saturated rings. The third-order valence-corrected chi connectivity index (χ3v) is 5.49. The molecule has 0 spiro atoms. The third kappa shape index (κ3) is 4.08. The Bertz CT molecular complexity index is 1310. The summed E-state index contributed by atoms with van der Waals surface area (Å²) in [5.41, 5.74) is 4.64. The van der Waals surface area contributed by atoms with Crippen molar-refractivity contribution < 1.29 is 8.78 Å². The van der Waals surface area contributed by atoms with E-state index in [0.717, 1.165) is 27.6 Å². The summed E-state index contributed by atoms with van der Waals surface area (Å²) in [6.07, 6.45) is 1.85. The summed E-state index contributed by atoms with van der Waals surface area (Å²) >= 11 is 1.48. The van der Waals surface area contributed by atoms with Crippen molar-refractivity contribution in [1.82, 2.24) is 14.8 Å². The molecule has 5 aromatic rings. The lowest BCUT2D eigenvalue weighted by atomic mass is 10.1. The molecule has 0 unspecified atom stereocenters. The monoisotopic (exact) mass is 430 g/mol. The van der Waals surface area contributed by atoms with Gasteiger partial charge in [0.25, 0.3) is 0 Å². The van der Waals surface area contributed by atoms with Gasteiger partial charge in [0.1, 0.15) is 17.3 Å². The van der Waals surface area contributed by atoms with Crippen molar-refractivity contribution in [1.29, 1.82) is 0 Å². The zero-order valence-corrected chi connectivity index (χ0v) is 17.0. The fourth-order valence-corrected chi connectivity index (χ4v) is 3.94. The Morgan fingerprint density at radius 2 is 1.48 bits per heavy atom. The maximum Gasteiger partial charge on any atom is 0.187 e. The molecule has 0 aliphatic carbocycles. The summed E-state index contributed by atoms with van der Waals surface area (Å²) in [5.74, 6) is -0.628. The minimum atomic E-state index is -0.314. The summed E-state index contributed by atoms with van der Waals surface area (Å²) in [4.78, 5) is 4.72. The van der Waals surface area contributed by atoms with Gasteiger partial charge in [0.2, 0.25) is 0 Å². The van der Waals surface area contributed by atoms with Crippen molar-refractivity contribution in [3.05, 3.63) is 102 Å². The Morgan fingerprint density at radius 3 is 2.19 bits per heavy atom. The van der Waals surface area contributed by atoms with Crippen molar-refractivity contribution in [2.75, 3.05) is 5.32 Å². The maximum absolute atomic E-state index is 13.5. The van der Waals surface area contributed by atoms with Gasteiger partial charge in [-0.1, -0.05) is 18.2 Å². The molecule has 3 aromatic carbocycles. The van der Waals surface area contributed by atoms with Crippen LogP contribution in [0.15, 0.2) is 90.4 Å². The van der Waals surface area contributed by atoms with Crippen molar-refractivity contribution >= 4 is 22.2 Å². The molecular weight excluding hydrogens is 414 g/mol. The molecule has 0 atom stereocenters. The van der Waals surface area contributed by atoms with E-state index in [4.69, 9.17) is 10.1 Å². The zero-order chi connectivity index (χ0) is 21.2. The van der Waals surface area contributed by atoms with Gasteiger partial charge in [-0.2, -0.15) is 5.10 Å². The highest BCUT2D eigenvalue weighted by Gasteiger charge is 2.17. The molecule has 7 heteroatoms. The van der Waals surface area contributed by atoms with Crippen LogP contribution in [0, 0.1) is 11.6 Å². The number of para-hydroxylation sites is 1. The second-order valence-electron chi connectivity index (χ2n) is 6.85. The molecule has 0 aliphatic heterocycles. The van der Waals surface area contributed by atoms with Gasteiger partial charge < -0.3 is 5.32 Å². The van der Waals surface area contributed by atoms with Crippen LogP contribution in [-0.4, -0.2) is 14.8 Å². The molecule has 4 nitrogen and oxygen atoms in total. The number of aromatic nitrogens is 3. The number of hydrogen-bond donors (Lipinski definition) is 1. The summed E-state index contributed by atoms with van der Waals surface area (Å²) in [7, 11) is 0. The number of benzene rings is 3. The van der Waals surface area contributed by atoms with Crippen LogP contribution in [0.3, 0.4) is 0 Å². The summed E-state index contributed by atoms with van der Waals surface area (Å²) in [6, 6.07) is 22.1. The standard InChI is InChI=1S/C24H16F2N4S/c25-17-8-6-16(7-9-17)23-21(14-30(29-23)20-12-10-18(26)11-13-20)22-15-31-24(28-22)27-19-4-2-1-3-5-19/h1-15H,(H,27,28). The van der Waals surface area contributed by atoms with Gasteiger partial charge in [0.15, 0.2) is 5.13 Å². The van der Waals surface area contributed by atoms with E-state index in [-0.39, 0.29) is 11.6 Å². The average molecular weight is 430 g/mol. The summed E-state index contributed by atoms with van der Waals surface area (Å²) in [6.45, 7) is 0. The van der Waals surface area contributed by atoms with Crippen molar-refractivity contribution in [3.63, 3.8) is 0 Å². The molecule has 0 aliphatic rings. The van der Waals surface area contributed by atoms with E-state index in [0.29, 0.717) is 11.4 Å². The van der Waals surface area contributed by atoms with E-state index in [1.807, 2.05) is 41.9 Å². The van der Waals surface area contributed by atoms with E-state index >= 15 is 0 Å². The molecule has 0 radical (unpaired) electrons. The summed E-state index contributed by atoms with van der Waals surface area (Å²) < 4.78 is 28.5. The van der Waals surface area contributed by atoms with Crippen molar-refractivity contribution in [2.24, 2.45) is 0 Å². The van der Waals surface area contributed by atoms with Crippen LogP contribution >= 0.6 is 11.3 Å². The molecular formula is C24H16F2N4S. The first-order chi connectivity index (χ1) is 15.2. The Labute approximate surface area is 181 Å². The van der Waals surface area contributed by atoms with Crippen LogP contribution in [0.25, 0.3) is 28.2 Å². The Kier molecular flexibility index (Phi) is 5.01. The van der Waals surface area contributed by atoms with Gasteiger partial charge in [-0.15, -0.1) is 11.3 Å². The molecule has 0 saturated carbocycles. The lowest BCUT2D eigenvalue weighted by Gasteiger charge is -2.02. The first-order valence-corrected chi connectivity index (χ1v) is 10.4.